The predicted molar refractivity (Wildman–Crippen MR) is 213 cm³/mol. The molecule has 14 nitrogen and oxygen atoms in total. The quantitative estimate of drug-likeness (QED) is 0.0773. The van der Waals surface area contributed by atoms with Crippen molar-refractivity contribution < 1.29 is 33.1 Å². The lowest BCUT2D eigenvalue weighted by Gasteiger charge is -2.33. The summed E-state index contributed by atoms with van der Waals surface area (Å²) in [5, 5.41) is 7.83. The van der Waals surface area contributed by atoms with Gasteiger partial charge in [-0.25, -0.2) is 19.0 Å². The summed E-state index contributed by atoms with van der Waals surface area (Å²) in [5.74, 6) is -1.18. The van der Waals surface area contributed by atoms with Gasteiger partial charge in [-0.05, 0) is 86.4 Å². The molecule has 5 heterocycles. The van der Waals surface area contributed by atoms with Gasteiger partial charge >= 0.3 is 0 Å². The Labute approximate surface area is 337 Å². The number of thioether (sulfide) groups is 1. The molecule has 2 fully saturated rings. The molecule has 0 radical (unpaired) electrons. The van der Waals surface area contributed by atoms with Crippen molar-refractivity contribution in [1.29, 1.82) is 0 Å². The normalized spacial score (nSPS) is 18.2. The molecule has 0 bridgehead atoms. The molecular formula is C42H41FN8O6S. The zero-order chi connectivity index (χ0) is 40.3. The number of carbonyl (C=O) groups excluding carboxylic acids is 5. The molecule has 16 heteroatoms. The first kappa shape index (κ1) is 38.7. The molecule has 2 saturated heterocycles. The number of nitrogens with two attached hydrogens (primary N) is 1. The van der Waals surface area contributed by atoms with E-state index in [-0.39, 0.29) is 35.9 Å². The van der Waals surface area contributed by atoms with Crippen molar-refractivity contribution in [2.24, 2.45) is 0 Å². The number of fused-ring (bicyclic) bond motifs is 2. The number of ether oxygens (including phenoxy) is 1. The lowest BCUT2D eigenvalue weighted by molar-refractivity contribution is -0.136. The Hall–Kier alpha value is -6.16. The average Bonchev–Trinajstić information content (AvgIpc) is 3.75. The van der Waals surface area contributed by atoms with Gasteiger partial charge in [0.2, 0.25) is 17.7 Å². The fourth-order valence-electron chi connectivity index (χ4n) is 7.86. The number of benzene rings is 3. The molecule has 3 N–H and O–H groups in total. The Kier molecular flexibility index (Phi) is 11.2. The summed E-state index contributed by atoms with van der Waals surface area (Å²) >= 11 is 1.35. The minimum Gasteiger partial charge on any atom is -0.457 e. The summed E-state index contributed by atoms with van der Waals surface area (Å²) in [5.41, 5.74) is 8.15. The average molecular weight is 805 g/mol. The SMILES string of the molecule is Nc1ncnc2c1c(-c1ccc(Oc3ccccc3)cc1)nn2[C@@H]1CCCN(C(=O)CCCCCCSc2ccc(F)c3c2C(=O)N(C2CCC(=O)NC2=O)C3=O)C1. The number of rotatable bonds is 13. The summed E-state index contributed by atoms with van der Waals surface area (Å²) in [6, 6.07) is 18.6. The van der Waals surface area contributed by atoms with Crippen LogP contribution in [0.5, 0.6) is 11.5 Å². The number of hydrogen-bond acceptors (Lipinski definition) is 11. The third-order valence-electron chi connectivity index (χ3n) is 10.8. The molecule has 0 aliphatic carbocycles. The Bertz CT molecular complexity index is 2410. The minimum absolute atomic E-state index is 0.00299. The largest absolute Gasteiger partial charge is 0.457 e. The lowest BCUT2D eigenvalue weighted by Crippen LogP contribution is -2.54. The van der Waals surface area contributed by atoms with E-state index in [2.05, 4.69) is 15.3 Å². The van der Waals surface area contributed by atoms with Crippen LogP contribution in [0.2, 0.25) is 0 Å². The summed E-state index contributed by atoms with van der Waals surface area (Å²) < 4.78 is 22.7. The van der Waals surface area contributed by atoms with E-state index >= 15 is 0 Å². The van der Waals surface area contributed by atoms with Crippen LogP contribution in [-0.4, -0.2) is 84.0 Å². The molecule has 5 aromatic rings. The third kappa shape index (κ3) is 7.75. The van der Waals surface area contributed by atoms with Gasteiger partial charge in [-0.1, -0.05) is 31.0 Å². The first-order valence-corrected chi connectivity index (χ1v) is 20.4. The Balaban J connectivity index is 0.836. The Morgan fingerprint density at radius 1 is 0.897 bits per heavy atom. The van der Waals surface area contributed by atoms with Crippen LogP contribution in [0.15, 0.2) is 78.0 Å². The molecular weight excluding hydrogens is 764 g/mol. The summed E-state index contributed by atoms with van der Waals surface area (Å²) in [6.45, 7) is 1.17. The van der Waals surface area contributed by atoms with Crippen molar-refractivity contribution in [1.82, 2.24) is 34.9 Å². The number of hydrogen-bond donors (Lipinski definition) is 2. The highest BCUT2D eigenvalue weighted by Gasteiger charge is 2.47. The molecule has 2 atom stereocenters. The zero-order valence-electron chi connectivity index (χ0n) is 31.6. The first-order valence-electron chi connectivity index (χ1n) is 19.4. The summed E-state index contributed by atoms with van der Waals surface area (Å²) in [4.78, 5) is 76.0. The van der Waals surface area contributed by atoms with Crippen LogP contribution in [0.1, 0.15) is 84.5 Å². The number of para-hydroxylation sites is 1. The van der Waals surface area contributed by atoms with Gasteiger partial charge in [0.1, 0.15) is 41.2 Å². The van der Waals surface area contributed by atoms with E-state index in [4.69, 9.17) is 15.6 Å². The predicted octanol–water partition coefficient (Wildman–Crippen LogP) is 6.31. The number of piperidine rings is 2. The van der Waals surface area contributed by atoms with Gasteiger partial charge < -0.3 is 15.4 Å². The van der Waals surface area contributed by atoms with Gasteiger partial charge in [-0.3, -0.25) is 34.2 Å². The molecule has 2 aromatic heterocycles. The van der Waals surface area contributed by atoms with Crippen LogP contribution in [-0.2, 0) is 14.4 Å². The Morgan fingerprint density at radius 2 is 1.66 bits per heavy atom. The van der Waals surface area contributed by atoms with Gasteiger partial charge in [-0.2, -0.15) is 5.10 Å². The van der Waals surface area contributed by atoms with Crippen LogP contribution >= 0.6 is 11.8 Å². The molecule has 3 aliphatic heterocycles. The standard InChI is InChI=1S/C42H41FN8O6S/c43-29-17-19-31(35-34(29)41(55)50(42(35)56)30-18-20-32(52)47-40(30)54)58-22-7-2-1-6-12-33(53)49-21-8-9-26(23-49)51-39-36(38(44)45-24-46-39)37(48-51)25-13-15-28(16-14-25)57-27-10-4-3-5-11-27/h3-5,10-11,13-17,19,24,26,30H,1-2,6-9,12,18,20-23H2,(H2,44,45,46)(H,47,52,54)/t26-,30?/m1/s1. The lowest BCUT2D eigenvalue weighted by atomic mass is 10.0. The molecule has 8 rings (SSSR count). The van der Waals surface area contributed by atoms with E-state index in [0.29, 0.717) is 64.9 Å². The maximum Gasteiger partial charge on any atom is 0.265 e. The second-order valence-electron chi connectivity index (χ2n) is 14.6. The van der Waals surface area contributed by atoms with Crippen LogP contribution < -0.4 is 15.8 Å². The number of aromatic nitrogens is 4. The van der Waals surface area contributed by atoms with E-state index in [1.807, 2.05) is 64.2 Å². The summed E-state index contributed by atoms with van der Waals surface area (Å²) in [7, 11) is 0. The van der Waals surface area contributed by atoms with Crippen LogP contribution in [0.4, 0.5) is 10.2 Å². The van der Waals surface area contributed by atoms with Crippen LogP contribution in [0.3, 0.4) is 0 Å². The highest BCUT2D eigenvalue weighted by molar-refractivity contribution is 7.99. The molecule has 1 unspecified atom stereocenters. The van der Waals surface area contributed by atoms with Gasteiger partial charge in [0.05, 0.1) is 22.6 Å². The van der Waals surface area contributed by atoms with E-state index < -0.39 is 35.5 Å². The van der Waals surface area contributed by atoms with Crippen molar-refractivity contribution in [3.63, 3.8) is 0 Å². The number of amides is 5. The molecule has 5 amide bonds. The monoisotopic (exact) mass is 804 g/mol. The van der Waals surface area contributed by atoms with E-state index in [1.165, 1.54) is 24.2 Å². The number of nitrogens with zero attached hydrogens (tertiary/aromatic N) is 6. The van der Waals surface area contributed by atoms with Gasteiger partial charge in [-0.15, -0.1) is 11.8 Å². The van der Waals surface area contributed by atoms with Crippen LogP contribution in [0, 0.1) is 5.82 Å². The maximum atomic E-state index is 14.8. The summed E-state index contributed by atoms with van der Waals surface area (Å²) in [6.07, 6.45) is 6.63. The van der Waals surface area contributed by atoms with Crippen molar-refractivity contribution in [3.05, 3.63) is 90.0 Å². The maximum absolute atomic E-state index is 14.8. The molecule has 58 heavy (non-hydrogen) atoms. The number of anilines is 1. The number of carbonyl (C=O) groups is 5. The van der Waals surface area contributed by atoms with Crippen molar-refractivity contribution >= 4 is 58.1 Å². The van der Waals surface area contributed by atoms with E-state index in [0.717, 1.165) is 54.4 Å². The zero-order valence-corrected chi connectivity index (χ0v) is 32.4. The molecule has 3 aromatic carbocycles. The molecule has 298 valence electrons. The first-order chi connectivity index (χ1) is 28.2. The number of nitrogen functional groups attached to an aromatic ring is 1. The smallest absolute Gasteiger partial charge is 0.265 e. The number of nitrogens with one attached hydrogen (secondary N) is 1. The van der Waals surface area contributed by atoms with E-state index in [9.17, 15) is 28.4 Å². The van der Waals surface area contributed by atoms with Gasteiger partial charge in [0.15, 0.2) is 5.65 Å². The molecule has 0 saturated carbocycles. The number of unbranched alkanes of at least 4 members (excludes halogenated alkanes) is 3. The van der Waals surface area contributed by atoms with Crippen molar-refractivity contribution in [3.8, 4) is 22.8 Å². The second-order valence-corrected chi connectivity index (χ2v) is 15.7. The van der Waals surface area contributed by atoms with Gasteiger partial charge in [0.25, 0.3) is 11.8 Å². The third-order valence-corrected chi connectivity index (χ3v) is 11.9. The second kappa shape index (κ2) is 16.7. The minimum atomic E-state index is -1.16. The number of imide groups is 2. The fourth-order valence-corrected chi connectivity index (χ4v) is 8.92. The van der Waals surface area contributed by atoms with Crippen molar-refractivity contribution in [2.75, 3.05) is 24.6 Å². The van der Waals surface area contributed by atoms with Crippen molar-refractivity contribution in [2.45, 2.75) is 74.8 Å². The number of halogens is 1. The van der Waals surface area contributed by atoms with E-state index in [1.54, 1.807) is 0 Å². The molecule has 0 spiro atoms. The highest BCUT2D eigenvalue weighted by Crippen LogP contribution is 2.37. The van der Waals surface area contributed by atoms with Gasteiger partial charge in [0, 0.05) is 36.4 Å². The molecule has 3 aliphatic rings. The number of likely N-dealkylation sites (tertiary alicyclic amines) is 1. The highest BCUT2D eigenvalue weighted by atomic mass is 32.2. The topological polar surface area (TPSA) is 183 Å². The fraction of sp³-hybridized carbons (Fsp3) is 0.333. The Morgan fingerprint density at radius 3 is 2.45 bits per heavy atom. The van der Waals surface area contributed by atoms with Crippen LogP contribution in [0.25, 0.3) is 22.3 Å².